The second-order valence-electron chi connectivity index (χ2n) is 3.72. The minimum atomic E-state index is -3.28. The van der Waals surface area contributed by atoms with E-state index >= 15 is 0 Å². The monoisotopic (exact) mass is 235 g/mol. The highest BCUT2D eigenvalue weighted by Gasteiger charge is 2.38. The second kappa shape index (κ2) is 5.25. The molecule has 1 aliphatic rings. The fraction of sp³-hybridized carbons (Fsp3) is 1.00. The fourth-order valence-electron chi connectivity index (χ4n) is 1.67. The highest BCUT2D eigenvalue weighted by atomic mass is 32.2. The van der Waals surface area contributed by atoms with Crippen LogP contribution in [0.5, 0.6) is 0 Å². The second-order valence-corrected chi connectivity index (χ2v) is 5.60. The van der Waals surface area contributed by atoms with Gasteiger partial charge in [-0.1, -0.05) is 13.8 Å². The van der Waals surface area contributed by atoms with Crippen molar-refractivity contribution < 1.29 is 8.42 Å². The van der Waals surface area contributed by atoms with E-state index in [1.165, 1.54) is 4.31 Å². The molecule has 1 aliphatic carbocycles. The van der Waals surface area contributed by atoms with Gasteiger partial charge in [0.2, 0.25) is 0 Å². The molecule has 0 spiro atoms. The van der Waals surface area contributed by atoms with Crippen LogP contribution in [0.3, 0.4) is 0 Å². The molecule has 0 atom stereocenters. The molecule has 2 N–H and O–H groups in total. The summed E-state index contributed by atoms with van der Waals surface area (Å²) in [6.07, 6.45) is 1.95. The predicted octanol–water partition coefficient (Wildman–Crippen LogP) is -0.00390. The maximum atomic E-state index is 12.2. The third-order valence-electron chi connectivity index (χ3n) is 2.63. The van der Waals surface area contributed by atoms with Gasteiger partial charge in [0.05, 0.1) is 0 Å². The van der Waals surface area contributed by atoms with E-state index in [0.717, 1.165) is 12.8 Å². The molecule has 0 bridgehead atoms. The van der Waals surface area contributed by atoms with E-state index in [2.05, 4.69) is 0 Å². The average Bonchev–Trinajstić information content (AvgIpc) is 2.98. The van der Waals surface area contributed by atoms with Crippen LogP contribution in [0.25, 0.3) is 0 Å². The summed E-state index contributed by atoms with van der Waals surface area (Å²) in [6.45, 7) is 5.57. The first-order chi connectivity index (χ1) is 7.07. The molecular weight excluding hydrogens is 214 g/mol. The molecular formula is C9H21N3O2S. The summed E-state index contributed by atoms with van der Waals surface area (Å²) in [5, 5.41) is 0. The Morgan fingerprint density at radius 2 is 1.80 bits per heavy atom. The van der Waals surface area contributed by atoms with Crippen molar-refractivity contribution in [3.63, 3.8) is 0 Å². The number of nitrogens with zero attached hydrogens (tertiary/aromatic N) is 2. The SMILES string of the molecule is CCN(CC)S(=O)(=O)N(CCN)C1CC1. The first-order valence-electron chi connectivity index (χ1n) is 5.54. The van der Waals surface area contributed by atoms with E-state index in [9.17, 15) is 8.42 Å². The van der Waals surface area contributed by atoms with Crippen molar-refractivity contribution in [2.24, 2.45) is 5.73 Å². The lowest BCUT2D eigenvalue weighted by Gasteiger charge is -2.28. The lowest BCUT2D eigenvalue weighted by molar-refractivity contribution is 0.347. The Morgan fingerprint density at radius 3 is 2.13 bits per heavy atom. The molecule has 0 aromatic heterocycles. The third-order valence-corrected chi connectivity index (χ3v) is 4.87. The standard InChI is InChI=1S/C9H21N3O2S/c1-3-11(4-2)15(13,14)12(8-7-10)9-5-6-9/h9H,3-8,10H2,1-2H3. The minimum absolute atomic E-state index is 0.194. The largest absolute Gasteiger partial charge is 0.329 e. The van der Waals surface area contributed by atoms with Crippen LogP contribution < -0.4 is 5.73 Å². The first-order valence-corrected chi connectivity index (χ1v) is 6.94. The van der Waals surface area contributed by atoms with Gasteiger partial charge in [0.15, 0.2) is 0 Å². The summed E-state index contributed by atoms with van der Waals surface area (Å²) in [7, 11) is -3.28. The molecule has 0 aliphatic heterocycles. The van der Waals surface area contributed by atoms with Gasteiger partial charge in [-0.2, -0.15) is 17.0 Å². The van der Waals surface area contributed by atoms with Gasteiger partial charge in [-0.15, -0.1) is 0 Å². The minimum Gasteiger partial charge on any atom is -0.329 e. The van der Waals surface area contributed by atoms with Gasteiger partial charge in [0.1, 0.15) is 0 Å². The Bertz CT molecular complexity index is 284. The van der Waals surface area contributed by atoms with Crippen LogP contribution in [0.4, 0.5) is 0 Å². The Kier molecular flexibility index (Phi) is 4.51. The Balaban J connectivity index is 2.79. The molecule has 0 heterocycles. The van der Waals surface area contributed by atoms with Crippen molar-refractivity contribution in [2.45, 2.75) is 32.7 Å². The quantitative estimate of drug-likeness (QED) is 0.675. The number of rotatable bonds is 7. The smallest absolute Gasteiger partial charge is 0.282 e. The van der Waals surface area contributed by atoms with Crippen molar-refractivity contribution >= 4 is 10.2 Å². The van der Waals surface area contributed by atoms with Crippen molar-refractivity contribution in [3.05, 3.63) is 0 Å². The van der Waals surface area contributed by atoms with Gasteiger partial charge in [0.25, 0.3) is 10.2 Å². The highest BCUT2D eigenvalue weighted by Crippen LogP contribution is 2.29. The van der Waals surface area contributed by atoms with Crippen LogP contribution in [0.1, 0.15) is 26.7 Å². The fourth-order valence-corrected chi connectivity index (χ4v) is 3.55. The molecule has 1 fully saturated rings. The summed E-state index contributed by atoms with van der Waals surface area (Å²) < 4.78 is 27.4. The van der Waals surface area contributed by atoms with Gasteiger partial charge in [0, 0.05) is 32.2 Å². The normalized spacial score (nSPS) is 17.7. The van der Waals surface area contributed by atoms with Gasteiger partial charge >= 0.3 is 0 Å². The lowest BCUT2D eigenvalue weighted by atomic mass is 10.6. The van der Waals surface area contributed by atoms with E-state index in [0.29, 0.717) is 26.2 Å². The van der Waals surface area contributed by atoms with Crippen molar-refractivity contribution in [2.75, 3.05) is 26.2 Å². The zero-order chi connectivity index (χ0) is 11.5. The zero-order valence-corrected chi connectivity index (χ0v) is 10.3. The van der Waals surface area contributed by atoms with E-state index < -0.39 is 10.2 Å². The Hall–Kier alpha value is -0.170. The predicted molar refractivity (Wildman–Crippen MR) is 60.6 cm³/mol. The van der Waals surface area contributed by atoms with E-state index in [4.69, 9.17) is 5.73 Å². The molecule has 1 saturated carbocycles. The summed E-state index contributed by atoms with van der Waals surface area (Å²) in [5.41, 5.74) is 5.45. The molecule has 1 rings (SSSR count). The van der Waals surface area contributed by atoms with Gasteiger partial charge in [-0.05, 0) is 12.8 Å². The van der Waals surface area contributed by atoms with Gasteiger partial charge in [-0.3, -0.25) is 0 Å². The summed E-state index contributed by atoms with van der Waals surface area (Å²) in [5.74, 6) is 0. The number of hydrogen-bond acceptors (Lipinski definition) is 3. The molecule has 6 heteroatoms. The summed E-state index contributed by atoms with van der Waals surface area (Å²) in [4.78, 5) is 0. The molecule has 0 radical (unpaired) electrons. The molecule has 5 nitrogen and oxygen atoms in total. The third kappa shape index (κ3) is 2.90. The van der Waals surface area contributed by atoms with Gasteiger partial charge < -0.3 is 5.73 Å². The van der Waals surface area contributed by atoms with Crippen LogP contribution in [0.2, 0.25) is 0 Å². The van der Waals surface area contributed by atoms with Crippen LogP contribution in [-0.4, -0.2) is 49.2 Å². The van der Waals surface area contributed by atoms with Gasteiger partial charge in [-0.25, -0.2) is 0 Å². The maximum Gasteiger partial charge on any atom is 0.282 e. The molecule has 0 saturated heterocycles. The molecule has 0 aromatic rings. The number of nitrogens with two attached hydrogens (primary N) is 1. The maximum absolute atomic E-state index is 12.2. The van der Waals surface area contributed by atoms with E-state index in [-0.39, 0.29) is 6.04 Å². The van der Waals surface area contributed by atoms with Crippen molar-refractivity contribution in [1.29, 1.82) is 0 Å². The summed E-state index contributed by atoms with van der Waals surface area (Å²) in [6, 6.07) is 0.194. The van der Waals surface area contributed by atoms with Crippen LogP contribution >= 0.6 is 0 Å². The summed E-state index contributed by atoms with van der Waals surface area (Å²) >= 11 is 0. The molecule has 90 valence electrons. The van der Waals surface area contributed by atoms with Crippen LogP contribution in [0, 0.1) is 0 Å². The molecule has 15 heavy (non-hydrogen) atoms. The van der Waals surface area contributed by atoms with Crippen LogP contribution in [0.15, 0.2) is 0 Å². The van der Waals surface area contributed by atoms with Crippen LogP contribution in [-0.2, 0) is 10.2 Å². The topological polar surface area (TPSA) is 66.6 Å². The van der Waals surface area contributed by atoms with E-state index in [1.54, 1.807) is 4.31 Å². The Labute approximate surface area is 92.4 Å². The zero-order valence-electron chi connectivity index (χ0n) is 9.52. The highest BCUT2D eigenvalue weighted by molar-refractivity contribution is 7.86. The molecule has 0 unspecified atom stereocenters. The Morgan fingerprint density at radius 1 is 1.27 bits per heavy atom. The van der Waals surface area contributed by atoms with E-state index in [1.807, 2.05) is 13.8 Å². The molecule has 0 aromatic carbocycles. The first kappa shape index (κ1) is 12.9. The van der Waals surface area contributed by atoms with Crippen molar-refractivity contribution in [3.8, 4) is 0 Å². The van der Waals surface area contributed by atoms with Crippen molar-refractivity contribution in [1.82, 2.24) is 8.61 Å². The lowest BCUT2D eigenvalue weighted by Crippen LogP contribution is -2.46. The molecule has 0 amide bonds. The number of hydrogen-bond donors (Lipinski definition) is 1. The average molecular weight is 235 g/mol.